The van der Waals surface area contributed by atoms with Gasteiger partial charge in [0.25, 0.3) is 0 Å². The van der Waals surface area contributed by atoms with E-state index in [1.54, 1.807) is 4.90 Å². The Hall–Kier alpha value is -1.96. The van der Waals surface area contributed by atoms with Crippen molar-refractivity contribution in [1.82, 2.24) is 19.9 Å². The fourth-order valence-corrected chi connectivity index (χ4v) is 3.57. The third-order valence-electron chi connectivity index (χ3n) is 5.57. The van der Waals surface area contributed by atoms with E-state index < -0.39 is 0 Å². The summed E-state index contributed by atoms with van der Waals surface area (Å²) in [5, 5.41) is 4.03. The molecule has 3 heterocycles. The minimum Gasteiger partial charge on any atom is -0.381 e. The summed E-state index contributed by atoms with van der Waals surface area (Å²) >= 11 is 0. The quantitative estimate of drug-likeness (QED) is 0.745. The minimum atomic E-state index is 0.0995. The van der Waals surface area contributed by atoms with Gasteiger partial charge in [-0.25, -0.2) is 0 Å². The fourth-order valence-electron chi connectivity index (χ4n) is 3.57. The average Bonchev–Trinajstić information content (AvgIpc) is 3.38. The Bertz CT molecular complexity index is 660. The van der Waals surface area contributed by atoms with Crippen LogP contribution in [0.1, 0.15) is 43.3 Å². The van der Waals surface area contributed by atoms with Crippen molar-refractivity contribution in [3.05, 3.63) is 11.7 Å². The predicted octanol–water partition coefficient (Wildman–Crippen LogP) is 0.833. The second-order valence-corrected chi connectivity index (χ2v) is 7.66. The fraction of sp³-hybridized carbons (Fsp3) is 0.778. The first-order valence-corrected chi connectivity index (χ1v) is 9.56. The molecule has 2 saturated heterocycles. The monoisotopic (exact) mass is 362 g/mol. The van der Waals surface area contributed by atoms with E-state index in [1.807, 2.05) is 11.9 Å². The lowest BCUT2D eigenvalue weighted by Gasteiger charge is -2.39. The molecule has 8 nitrogen and oxygen atoms in total. The number of hydrogen-bond acceptors (Lipinski definition) is 6. The molecule has 1 aromatic rings. The van der Waals surface area contributed by atoms with Gasteiger partial charge >= 0.3 is 0 Å². The molecule has 8 heteroatoms. The number of nitrogens with zero attached hydrogens (tertiary/aromatic N) is 4. The van der Waals surface area contributed by atoms with Gasteiger partial charge in [0.15, 0.2) is 5.82 Å². The summed E-state index contributed by atoms with van der Waals surface area (Å²) in [7, 11) is 1.83. The summed E-state index contributed by atoms with van der Waals surface area (Å²) in [5.74, 6) is 2.14. The van der Waals surface area contributed by atoms with Crippen LogP contribution in [0.25, 0.3) is 0 Å². The highest BCUT2D eigenvalue weighted by Crippen LogP contribution is 2.31. The second-order valence-electron chi connectivity index (χ2n) is 7.66. The van der Waals surface area contributed by atoms with Gasteiger partial charge in [-0.1, -0.05) is 5.16 Å². The maximum absolute atomic E-state index is 12.4. The van der Waals surface area contributed by atoms with E-state index in [1.165, 1.54) is 0 Å². The third-order valence-corrected chi connectivity index (χ3v) is 5.57. The van der Waals surface area contributed by atoms with Gasteiger partial charge in [0, 0.05) is 58.2 Å². The zero-order valence-corrected chi connectivity index (χ0v) is 15.2. The van der Waals surface area contributed by atoms with E-state index in [4.69, 9.17) is 9.26 Å². The van der Waals surface area contributed by atoms with E-state index in [2.05, 4.69) is 10.1 Å². The third kappa shape index (κ3) is 3.75. The summed E-state index contributed by atoms with van der Waals surface area (Å²) in [5.41, 5.74) is 0. The Kier molecular flexibility index (Phi) is 4.93. The first-order valence-electron chi connectivity index (χ1n) is 9.56. The van der Waals surface area contributed by atoms with Gasteiger partial charge in [0.2, 0.25) is 17.7 Å². The molecule has 4 rings (SSSR count). The number of likely N-dealkylation sites (N-methyl/N-ethyl adjacent to an activating group) is 1. The first kappa shape index (κ1) is 17.5. The summed E-state index contributed by atoms with van der Waals surface area (Å²) in [6.45, 7) is 3.26. The molecule has 0 spiro atoms. The van der Waals surface area contributed by atoms with E-state index >= 15 is 0 Å². The number of rotatable bonds is 6. The molecule has 1 saturated carbocycles. The molecule has 3 aliphatic rings. The van der Waals surface area contributed by atoms with Gasteiger partial charge in [-0.3, -0.25) is 9.59 Å². The zero-order chi connectivity index (χ0) is 18.1. The number of carbonyl (C=O) groups excluding carboxylic acids is 2. The average molecular weight is 362 g/mol. The van der Waals surface area contributed by atoms with Crippen molar-refractivity contribution in [2.45, 2.75) is 38.0 Å². The van der Waals surface area contributed by atoms with Crippen LogP contribution in [0.3, 0.4) is 0 Å². The van der Waals surface area contributed by atoms with Crippen molar-refractivity contribution in [3.8, 4) is 0 Å². The van der Waals surface area contributed by atoms with Gasteiger partial charge in [-0.05, 0) is 25.7 Å². The Morgan fingerprint density at radius 3 is 2.58 bits per heavy atom. The number of likely N-dealkylation sites (tertiary alicyclic amines) is 1. The molecular weight excluding hydrogens is 336 g/mol. The predicted molar refractivity (Wildman–Crippen MR) is 91.2 cm³/mol. The summed E-state index contributed by atoms with van der Waals surface area (Å²) < 4.78 is 10.7. The molecule has 3 fully saturated rings. The zero-order valence-electron chi connectivity index (χ0n) is 15.2. The van der Waals surface area contributed by atoms with Gasteiger partial charge in [-0.2, -0.15) is 4.98 Å². The van der Waals surface area contributed by atoms with Gasteiger partial charge < -0.3 is 19.1 Å². The van der Waals surface area contributed by atoms with Crippen molar-refractivity contribution in [2.24, 2.45) is 11.8 Å². The topological polar surface area (TPSA) is 88.8 Å². The summed E-state index contributed by atoms with van der Waals surface area (Å²) in [6, 6.07) is 0. The number of ether oxygens (including phenoxy) is 1. The van der Waals surface area contributed by atoms with E-state index in [0.29, 0.717) is 51.0 Å². The second kappa shape index (κ2) is 7.34. The van der Waals surface area contributed by atoms with Gasteiger partial charge in [0.1, 0.15) is 0 Å². The highest BCUT2D eigenvalue weighted by molar-refractivity contribution is 5.80. The Labute approximate surface area is 152 Å². The van der Waals surface area contributed by atoms with Crippen LogP contribution in [0.4, 0.5) is 0 Å². The number of hydrogen-bond donors (Lipinski definition) is 0. The molecule has 0 atom stereocenters. The molecule has 0 radical (unpaired) electrons. The van der Waals surface area contributed by atoms with Crippen LogP contribution in [0.5, 0.6) is 0 Å². The first-order chi connectivity index (χ1) is 12.6. The highest BCUT2D eigenvalue weighted by atomic mass is 16.5. The van der Waals surface area contributed by atoms with Crippen LogP contribution >= 0.6 is 0 Å². The maximum atomic E-state index is 12.4. The van der Waals surface area contributed by atoms with E-state index in [0.717, 1.165) is 25.7 Å². The largest absolute Gasteiger partial charge is 0.381 e. The number of carbonyl (C=O) groups is 2. The van der Waals surface area contributed by atoms with Crippen molar-refractivity contribution < 1.29 is 18.8 Å². The van der Waals surface area contributed by atoms with Crippen LogP contribution in [0, 0.1) is 11.8 Å². The molecule has 0 unspecified atom stereocenters. The van der Waals surface area contributed by atoms with Gasteiger partial charge in [-0.15, -0.1) is 0 Å². The number of aromatic nitrogens is 2. The standard InChI is InChI=1S/C18H26N4O4/c1-21(17(23)12-2-3-12)7-4-15-19-16(26-20-15)14-10-22(11-14)18(24)13-5-8-25-9-6-13/h12-14H,2-11H2,1H3. The smallest absolute Gasteiger partial charge is 0.233 e. The lowest BCUT2D eigenvalue weighted by Crippen LogP contribution is -2.51. The molecule has 1 aliphatic carbocycles. The summed E-state index contributed by atoms with van der Waals surface area (Å²) in [4.78, 5) is 32.5. The molecule has 1 aromatic heterocycles. The van der Waals surface area contributed by atoms with Crippen molar-refractivity contribution >= 4 is 11.8 Å². The normalized spacial score (nSPS) is 21.5. The molecule has 142 valence electrons. The Balaban J connectivity index is 1.23. The lowest BCUT2D eigenvalue weighted by atomic mass is 9.93. The van der Waals surface area contributed by atoms with Crippen LogP contribution < -0.4 is 0 Å². The van der Waals surface area contributed by atoms with E-state index in [-0.39, 0.29) is 29.6 Å². The highest BCUT2D eigenvalue weighted by Gasteiger charge is 2.38. The van der Waals surface area contributed by atoms with Gasteiger partial charge in [0.05, 0.1) is 5.92 Å². The Morgan fingerprint density at radius 1 is 1.15 bits per heavy atom. The molecule has 0 bridgehead atoms. The van der Waals surface area contributed by atoms with Crippen molar-refractivity contribution in [2.75, 3.05) is 39.9 Å². The minimum absolute atomic E-state index is 0.0995. The van der Waals surface area contributed by atoms with Crippen molar-refractivity contribution in [1.29, 1.82) is 0 Å². The maximum Gasteiger partial charge on any atom is 0.233 e. The Morgan fingerprint density at radius 2 is 1.88 bits per heavy atom. The van der Waals surface area contributed by atoms with E-state index in [9.17, 15) is 9.59 Å². The van der Waals surface area contributed by atoms with Crippen LogP contribution in [0.15, 0.2) is 4.52 Å². The van der Waals surface area contributed by atoms with Crippen molar-refractivity contribution in [3.63, 3.8) is 0 Å². The molecule has 2 amide bonds. The lowest BCUT2D eigenvalue weighted by molar-refractivity contribution is -0.143. The number of amides is 2. The summed E-state index contributed by atoms with van der Waals surface area (Å²) in [6.07, 6.45) is 4.26. The molecule has 26 heavy (non-hydrogen) atoms. The molecular formula is C18H26N4O4. The SMILES string of the molecule is CN(CCc1noc(C2CN(C(=O)C3CCOCC3)C2)n1)C(=O)C1CC1. The van der Waals surface area contributed by atoms with Crippen LogP contribution in [-0.2, 0) is 20.7 Å². The van der Waals surface area contributed by atoms with Crippen LogP contribution in [0.2, 0.25) is 0 Å². The molecule has 2 aliphatic heterocycles. The van der Waals surface area contributed by atoms with Crippen LogP contribution in [-0.4, -0.2) is 71.7 Å². The molecule has 0 N–H and O–H groups in total. The molecule has 0 aromatic carbocycles.